The lowest BCUT2D eigenvalue weighted by molar-refractivity contribution is -0.122. The standard InChI is InChI=1S/C23H33N3O4/c1-22(2,3)30-21(28)26-9-6-23(7-10-26)12-16(15-29-23)13-25-20(27)19-11-18(19)17-5-4-8-24-14-17/h4-5,8,14,16,18-19H,6-7,9-13,15H2,1-3H3,(H,25,27)/t16?,18-,19+/m1/s1. The van der Waals surface area contributed by atoms with E-state index in [9.17, 15) is 9.59 Å². The minimum absolute atomic E-state index is 0.0718. The molecule has 1 aliphatic carbocycles. The molecule has 3 atom stereocenters. The fourth-order valence-corrected chi connectivity index (χ4v) is 4.67. The Morgan fingerprint density at radius 1 is 1.33 bits per heavy atom. The van der Waals surface area contributed by atoms with Crippen molar-refractivity contribution in [3.05, 3.63) is 30.1 Å². The van der Waals surface area contributed by atoms with Crippen molar-refractivity contribution in [3.63, 3.8) is 0 Å². The van der Waals surface area contributed by atoms with Crippen molar-refractivity contribution in [2.24, 2.45) is 11.8 Å². The lowest BCUT2D eigenvalue weighted by Gasteiger charge is -2.39. The predicted octanol–water partition coefficient (Wildman–Crippen LogP) is 3.11. The van der Waals surface area contributed by atoms with Gasteiger partial charge < -0.3 is 19.7 Å². The molecular weight excluding hydrogens is 382 g/mol. The summed E-state index contributed by atoms with van der Waals surface area (Å²) in [4.78, 5) is 30.7. The number of amides is 2. The average molecular weight is 416 g/mol. The molecule has 3 fully saturated rings. The van der Waals surface area contributed by atoms with Gasteiger partial charge in [-0.2, -0.15) is 0 Å². The minimum Gasteiger partial charge on any atom is -0.444 e. The molecule has 1 spiro atoms. The van der Waals surface area contributed by atoms with Crippen LogP contribution in [0.2, 0.25) is 0 Å². The summed E-state index contributed by atoms with van der Waals surface area (Å²) in [5.41, 5.74) is 0.514. The number of nitrogens with zero attached hydrogens (tertiary/aromatic N) is 2. The maximum Gasteiger partial charge on any atom is 0.410 e. The molecular formula is C23H33N3O4. The van der Waals surface area contributed by atoms with Crippen LogP contribution >= 0.6 is 0 Å². The molecule has 2 saturated heterocycles. The van der Waals surface area contributed by atoms with E-state index in [1.54, 1.807) is 11.1 Å². The summed E-state index contributed by atoms with van der Waals surface area (Å²) in [7, 11) is 0. The molecule has 1 aromatic heterocycles. The van der Waals surface area contributed by atoms with Crippen molar-refractivity contribution in [2.45, 2.75) is 63.6 Å². The predicted molar refractivity (Wildman–Crippen MR) is 112 cm³/mol. The van der Waals surface area contributed by atoms with Gasteiger partial charge in [0, 0.05) is 43.9 Å². The van der Waals surface area contributed by atoms with E-state index in [-0.39, 0.29) is 23.5 Å². The molecule has 0 radical (unpaired) electrons. The van der Waals surface area contributed by atoms with Crippen LogP contribution in [0.1, 0.15) is 57.9 Å². The molecule has 4 rings (SSSR count). The van der Waals surface area contributed by atoms with Crippen molar-refractivity contribution in [2.75, 3.05) is 26.2 Å². The van der Waals surface area contributed by atoms with Gasteiger partial charge in [0.05, 0.1) is 12.2 Å². The van der Waals surface area contributed by atoms with Gasteiger partial charge in [0.15, 0.2) is 0 Å². The molecule has 2 aliphatic heterocycles. The molecule has 3 heterocycles. The normalized spacial score (nSPS) is 27.7. The third-order valence-corrected chi connectivity index (χ3v) is 6.42. The lowest BCUT2D eigenvalue weighted by Crippen LogP contribution is -2.48. The van der Waals surface area contributed by atoms with Gasteiger partial charge in [-0.15, -0.1) is 0 Å². The maximum absolute atomic E-state index is 12.5. The Labute approximate surface area is 178 Å². The number of pyridine rings is 1. The zero-order chi connectivity index (χ0) is 21.4. The summed E-state index contributed by atoms with van der Waals surface area (Å²) < 4.78 is 11.7. The molecule has 7 heteroatoms. The molecule has 1 unspecified atom stereocenters. The van der Waals surface area contributed by atoms with E-state index >= 15 is 0 Å². The first kappa shape index (κ1) is 21.1. The largest absolute Gasteiger partial charge is 0.444 e. The van der Waals surface area contributed by atoms with Crippen molar-refractivity contribution in [1.29, 1.82) is 0 Å². The molecule has 164 valence electrons. The smallest absolute Gasteiger partial charge is 0.410 e. The second-order valence-electron chi connectivity index (χ2n) is 10.0. The Kier molecular flexibility index (Phi) is 5.75. The molecule has 30 heavy (non-hydrogen) atoms. The summed E-state index contributed by atoms with van der Waals surface area (Å²) in [6, 6.07) is 3.97. The number of rotatable bonds is 4. The van der Waals surface area contributed by atoms with Gasteiger partial charge in [-0.25, -0.2) is 4.79 Å². The summed E-state index contributed by atoms with van der Waals surface area (Å²) in [5.74, 6) is 0.853. The molecule has 7 nitrogen and oxygen atoms in total. The highest BCUT2D eigenvalue weighted by molar-refractivity contribution is 5.82. The van der Waals surface area contributed by atoms with E-state index < -0.39 is 5.60 Å². The molecule has 3 aliphatic rings. The number of hydrogen-bond acceptors (Lipinski definition) is 5. The molecule has 2 amide bonds. The number of aromatic nitrogens is 1. The second-order valence-corrected chi connectivity index (χ2v) is 10.0. The number of nitrogens with one attached hydrogen (secondary N) is 1. The van der Waals surface area contributed by atoms with E-state index in [0.717, 1.165) is 31.2 Å². The fraction of sp³-hybridized carbons (Fsp3) is 0.696. The van der Waals surface area contributed by atoms with E-state index in [0.29, 0.717) is 38.1 Å². The molecule has 0 bridgehead atoms. The van der Waals surface area contributed by atoms with Crippen LogP contribution in [-0.2, 0) is 14.3 Å². The summed E-state index contributed by atoms with van der Waals surface area (Å²) in [6.45, 7) is 8.30. The van der Waals surface area contributed by atoms with E-state index in [2.05, 4.69) is 10.3 Å². The van der Waals surface area contributed by atoms with Crippen LogP contribution in [0.15, 0.2) is 24.5 Å². The number of hydrogen-bond donors (Lipinski definition) is 1. The Morgan fingerprint density at radius 3 is 2.77 bits per heavy atom. The summed E-state index contributed by atoms with van der Waals surface area (Å²) in [5, 5.41) is 3.14. The van der Waals surface area contributed by atoms with Crippen LogP contribution < -0.4 is 5.32 Å². The monoisotopic (exact) mass is 415 g/mol. The minimum atomic E-state index is -0.475. The second kappa shape index (κ2) is 8.17. The van der Waals surface area contributed by atoms with Crippen LogP contribution in [0, 0.1) is 11.8 Å². The number of ether oxygens (including phenoxy) is 2. The van der Waals surface area contributed by atoms with E-state index in [1.807, 2.05) is 39.1 Å². The van der Waals surface area contributed by atoms with E-state index in [4.69, 9.17) is 9.47 Å². The first-order chi connectivity index (χ1) is 14.2. The van der Waals surface area contributed by atoms with Crippen LogP contribution in [0.25, 0.3) is 0 Å². The molecule has 1 N–H and O–H groups in total. The van der Waals surface area contributed by atoms with Gasteiger partial charge in [0.1, 0.15) is 5.60 Å². The number of piperidine rings is 1. The zero-order valence-electron chi connectivity index (χ0n) is 18.2. The van der Waals surface area contributed by atoms with Crippen molar-refractivity contribution >= 4 is 12.0 Å². The lowest BCUT2D eigenvalue weighted by atomic mass is 9.85. The quantitative estimate of drug-likeness (QED) is 0.817. The fourth-order valence-electron chi connectivity index (χ4n) is 4.67. The Hall–Kier alpha value is -2.15. The third kappa shape index (κ3) is 4.94. The van der Waals surface area contributed by atoms with Gasteiger partial charge in [0.25, 0.3) is 0 Å². The van der Waals surface area contributed by atoms with Gasteiger partial charge in [-0.1, -0.05) is 6.07 Å². The molecule has 1 saturated carbocycles. The Bertz CT molecular complexity index is 768. The highest BCUT2D eigenvalue weighted by Gasteiger charge is 2.46. The Morgan fingerprint density at radius 2 is 2.10 bits per heavy atom. The third-order valence-electron chi connectivity index (χ3n) is 6.42. The van der Waals surface area contributed by atoms with Gasteiger partial charge in [0.2, 0.25) is 5.91 Å². The van der Waals surface area contributed by atoms with Crippen LogP contribution in [0.3, 0.4) is 0 Å². The van der Waals surface area contributed by atoms with Crippen molar-refractivity contribution in [1.82, 2.24) is 15.2 Å². The van der Waals surface area contributed by atoms with Crippen LogP contribution in [0.5, 0.6) is 0 Å². The Balaban J connectivity index is 1.19. The maximum atomic E-state index is 12.5. The number of likely N-dealkylation sites (tertiary alicyclic amines) is 1. The molecule has 0 aromatic carbocycles. The first-order valence-electron chi connectivity index (χ1n) is 11.0. The van der Waals surface area contributed by atoms with Gasteiger partial charge in [-0.05, 0) is 64.0 Å². The van der Waals surface area contributed by atoms with Crippen LogP contribution in [0.4, 0.5) is 4.79 Å². The van der Waals surface area contributed by atoms with Crippen LogP contribution in [-0.4, -0.2) is 59.3 Å². The van der Waals surface area contributed by atoms with Crippen molar-refractivity contribution < 1.29 is 19.1 Å². The first-order valence-corrected chi connectivity index (χ1v) is 11.0. The topological polar surface area (TPSA) is 80.8 Å². The average Bonchev–Trinajstić information content (AvgIpc) is 3.42. The zero-order valence-corrected chi connectivity index (χ0v) is 18.2. The number of carbonyl (C=O) groups excluding carboxylic acids is 2. The van der Waals surface area contributed by atoms with E-state index in [1.165, 1.54) is 0 Å². The highest BCUT2D eigenvalue weighted by atomic mass is 16.6. The van der Waals surface area contributed by atoms with Crippen molar-refractivity contribution in [3.8, 4) is 0 Å². The molecule has 1 aromatic rings. The highest BCUT2D eigenvalue weighted by Crippen LogP contribution is 2.47. The SMILES string of the molecule is CC(C)(C)OC(=O)N1CCC2(CC1)CC(CNC(=O)[C@H]1C[C@@H]1c1cccnc1)CO2. The van der Waals surface area contributed by atoms with Gasteiger partial charge >= 0.3 is 6.09 Å². The van der Waals surface area contributed by atoms with Gasteiger partial charge in [-0.3, -0.25) is 9.78 Å². The summed E-state index contributed by atoms with van der Waals surface area (Å²) in [6.07, 6.45) is 6.86. The summed E-state index contributed by atoms with van der Waals surface area (Å²) >= 11 is 0. The number of carbonyl (C=O) groups is 2.